The van der Waals surface area contributed by atoms with Gasteiger partial charge in [0.15, 0.2) is 0 Å². The molecule has 2 aromatic rings. The second-order valence-electron chi connectivity index (χ2n) is 5.34. The van der Waals surface area contributed by atoms with E-state index < -0.39 is 0 Å². The number of nitrogens with one attached hydrogen (secondary N) is 1. The zero-order valence-corrected chi connectivity index (χ0v) is 13.8. The van der Waals surface area contributed by atoms with Crippen molar-refractivity contribution >= 4 is 22.4 Å². The first-order chi connectivity index (χ1) is 11.2. The Kier molecular flexibility index (Phi) is 5.19. The van der Waals surface area contributed by atoms with Gasteiger partial charge in [0.2, 0.25) is 5.13 Å². The van der Waals surface area contributed by atoms with Crippen LogP contribution in [0.15, 0.2) is 24.3 Å². The Morgan fingerprint density at radius 1 is 1.35 bits per heavy atom. The lowest BCUT2D eigenvalue weighted by molar-refractivity contribution is -0.124. The van der Waals surface area contributed by atoms with Crippen LogP contribution in [0.2, 0.25) is 0 Å². The molecule has 1 N–H and O–H groups in total. The van der Waals surface area contributed by atoms with Crippen LogP contribution in [0.25, 0.3) is 0 Å². The first-order valence-corrected chi connectivity index (χ1v) is 8.44. The molecule has 1 aliphatic heterocycles. The summed E-state index contributed by atoms with van der Waals surface area (Å²) in [5.41, 5.74) is 1.21. The van der Waals surface area contributed by atoms with Crippen molar-refractivity contribution in [2.24, 2.45) is 0 Å². The molecular formula is C16H19N3O3S. The Bertz CT molecular complexity index is 651. The maximum Gasteiger partial charge on any atom is 0.255 e. The maximum absolute atomic E-state index is 12.0. The average Bonchev–Trinajstić information content (AvgIpc) is 3.25. The van der Waals surface area contributed by atoms with Crippen LogP contribution in [-0.4, -0.2) is 35.9 Å². The lowest BCUT2D eigenvalue weighted by Gasteiger charge is -2.07. The van der Waals surface area contributed by atoms with Crippen molar-refractivity contribution in [1.82, 2.24) is 10.2 Å². The second-order valence-corrected chi connectivity index (χ2v) is 6.40. The number of aromatic nitrogens is 2. The van der Waals surface area contributed by atoms with Crippen molar-refractivity contribution in [3.05, 3.63) is 34.8 Å². The van der Waals surface area contributed by atoms with Crippen LogP contribution in [0.3, 0.4) is 0 Å². The summed E-state index contributed by atoms with van der Waals surface area (Å²) < 4.78 is 10.5. The van der Waals surface area contributed by atoms with Crippen molar-refractivity contribution in [3.8, 4) is 5.75 Å². The van der Waals surface area contributed by atoms with Gasteiger partial charge in [-0.15, -0.1) is 10.2 Å². The summed E-state index contributed by atoms with van der Waals surface area (Å²) in [4.78, 5) is 12.0. The Balaban J connectivity index is 1.51. The minimum absolute atomic E-state index is 0.125. The van der Waals surface area contributed by atoms with Crippen LogP contribution in [0.4, 0.5) is 5.13 Å². The van der Waals surface area contributed by atoms with Crippen LogP contribution < -0.4 is 10.1 Å². The van der Waals surface area contributed by atoms with Gasteiger partial charge in [-0.05, 0) is 37.0 Å². The predicted octanol–water partition coefficient (Wildman–Crippen LogP) is 2.45. The predicted molar refractivity (Wildman–Crippen MR) is 87.9 cm³/mol. The van der Waals surface area contributed by atoms with E-state index >= 15 is 0 Å². The molecule has 6 nitrogen and oxygen atoms in total. The van der Waals surface area contributed by atoms with E-state index in [-0.39, 0.29) is 12.0 Å². The first kappa shape index (κ1) is 15.9. The largest absolute Gasteiger partial charge is 0.497 e. The van der Waals surface area contributed by atoms with Crippen LogP contribution >= 0.6 is 11.3 Å². The molecule has 2 heterocycles. The third kappa shape index (κ3) is 4.27. The van der Waals surface area contributed by atoms with E-state index in [0.29, 0.717) is 11.7 Å². The van der Waals surface area contributed by atoms with E-state index in [1.165, 1.54) is 16.9 Å². The minimum atomic E-state index is -0.346. The van der Waals surface area contributed by atoms with Crippen LogP contribution in [0.1, 0.15) is 23.4 Å². The van der Waals surface area contributed by atoms with E-state index in [4.69, 9.17) is 9.47 Å². The number of amides is 1. The first-order valence-electron chi connectivity index (χ1n) is 7.62. The fourth-order valence-electron chi connectivity index (χ4n) is 2.42. The Hall–Kier alpha value is -1.99. The standard InChI is InChI=1S/C16H19N3O3S/c1-21-12-7-4-11(5-8-12)6-9-14-18-19-16(23-14)17-15(20)13-3-2-10-22-13/h4-5,7-8,13H,2-3,6,9-10H2,1H3,(H,17,19,20). The molecule has 1 aliphatic rings. The van der Waals surface area contributed by atoms with Gasteiger partial charge < -0.3 is 9.47 Å². The van der Waals surface area contributed by atoms with E-state index in [2.05, 4.69) is 15.5 Å². The number of carbonyl (C=O) groups is 1. The Morgan fingerprint density at radius 3 is 2.87 bits per heavy atom. The second kappa shape index (κ2) is 7.52. The normalized spacial score (nSPS) is 17.2. The molecule has 1 aromatic heterocycles. The van der Waals surface area contributed by atoms with Gasteiger partial charge in [-0.3, -0.25) is 10.1 Å². The van der Waals surface area contributed by atoms with Crippen LogP contribution in [0.5, 0.6) is 5.75 Å². The Morgan fingerprint density at radius 2 is 2.17 bits per heavy atom. The number of aryl methyl sites for hydroxylation is 2. The zero-order valence-electron chi connectivity index (χ0n) is 12.9. The smallest absolute Gasteiger partial charge is 0.255 e. The number of benzene rings is 1. The average molecular weight is 333 g/mol. The van der Waals surface area contributed by atoms with Gasteiger partial charge in [-0.1, -0.05) is 23.5 Å². The summed E-state index contributed by atoms with van der Waals surface area (Å²) in [5.74, 6) is 0.726. The molecule has 0 saturated carbocycles. The molecule has 1 fully saturated rings. The molecule has 1 unspecified atom stereocenters. The van der Waals surface area contributed by atoms with E-state index in [1.54, 1.807) is 7.11 Å². The third-order valence-corrected chi connectivity index (χ3v) is 4.60. The molecule has 0 aliphatic carbocycles. The molecule has 1 amide bonds. The lowest BCUT2D eigenvalue weighted by Crippen LogP contribution is -2.26. The number of hydrogen-bond donors (Lipinski definition) is 1. The van der Waals surface area contributed by atoms with Gasteiger partial charge in [0, 0.05) is 13.0 Å². The molecule has 3 rings (SSSR count). The third-order valence-electron chi connectivity index (χ3n) is 3.71. The molecule has 7 heteroatoms. The molecule has 1 atom stereocenters. The molecular weight excluding hydrogens is 314 g/mol. The summed E-state index contributed by atoms with van der Waals surface area (Å²) in [6.45, 7) is 0.654. The fourth-order valence-corrected chi connectivity index (χ4v) is 3.16. The van der Waals surface area contributed by atoms with Crippen LogP contribution in [0, 0.1) is 0 Å². The molecule has 0 spiro atoms. The number of rotatable bonds is 6. The highest BCUT2D eigenvalue weighted by Gasteiger charge is 2.24. The molecule has 122 valence electrons. The van der Waals surface area contributed by atoms with E-state index in [1.807, 2.05) is 24.3 Å². The monoisotopic (exact) mass is 333 g/mol. The highest BCUT2D eigenvalue weighted by atomic mass is 32.1. The lowest BCUT2D eigenvalue weighted by atomic mass is 10.1. The minimum Gasteiger partial charge on any atom is -0.497 e. The van der Waals surface area contributed by atoms with E-state index in [9.17, 15) is 4.79 Å². The van der Waals surface area contributed by atoms with E-state index in [0.717, 1.165) is 36.4 Å². The van der Waals surface area contributed by atoms with Crippen LogP contribution in [-0.2, 0) is 22.4 Å². The SMILES string of the molecule is COc1ccc(CCc2nnc(NC(=O)C3CCCO3)s2)cc1. The molecule has 1 aromatic carbocycles. The van der Waals surface area contributed by atoms with Crippen molar-refractivity contribution in [2.45, 2.75) is 31.8 Å². The Labute approximate surface area is 138 Å². The zero-order chi connectivity index (χ0) is 16.1. The van der Waals surface area contributed by atoms with Crippen molar-refractivity contribution in [3.63, 3.8) is 0 Å². The topological polar surface area (TPSA) is 73.3 Å². The van der Waals surface area contributed by atoms with Crippen molar-refractivity contribution < 1.29 is 14.3 Å². The van der Waals surface area contributed by atoms with Gasteiger partial charge in [-0.25, -0.2) is 0 Å². The van der Waals surface area contributed by atoms with Gasteiger partial charge in [-0.2, -0.15) is 0 Å². The summed E-state index contributed by atoms with van der Waals surface area (Å²) in [5, 5.41) is 12.4. The van der Waals surface area contributed by atoms with Gasteiger partial charge in [0.25, 0.3) is 5.91 Å². The highest BCUT2D eigenvalue weighted by molar-refractivity contribution is 7.15. The quantitative estimate of drug-likeness (QED) is 0.879. The highest BCUT2D eigenvalue weighted by Crippen LogP contribution is 2.20. The number of carbonyl (C=O) groups excluding carboxylic acids is 1. The number of hydrogen-bond acceptors (Lipinski definition) is 6. The van der Waals surface area contributed by atoms with Crippen molar-refractivity contribution in [2.75, 3.05) is 19.0 Å². The molecule has 0 radical (unpaired) electrons. The molecule has 23 heavy (non-hydrogen) atoms. The number of ether oxygens (including phenoxy) is 2. The number of anilines is 1. The molecule has 1 saturated heterocycles. The van der Waals surface area contributed by atoms with Gasteiger partial charge in [0.05, 0.1) is 7.11 Å². The summed E-state index contributed by atoms with van der Waals surface area (Å²) >= 11 is 1.41. The molecule has 0 bridgehead atoms. The number of nitrogens with zero attached hydrogens (tertiary/aromatic N) is 2. The van der Waals surface area contributed by atoms with Gasteiger partial charge >= 0.3 is 0 Å². The number of methoxy groups -OCH3 is 1. The summed E-state index contributed by atoms with van der Waals surface area (Å²) in [7, 11) is 1.66. The fraction of sp³-hybridized carbons (Fsp3) is 0.438. The summed E-state index contributed by atoms with van der Waals surface area (Å²) in [6, 6.07) is 7.98. The maximum atomic E-state index is 12.0. The van der Waals surface area contributed by atoms with Gasteiger partial charge in [0.1, 0.15) is 16.9 Å². The summed E-state index contributed by atoms with van der Waals surface area (Å²) in [6.07, 6.45) is 3.02. The van der Waals surface area contributed by atoms with Crippen molar-refractivity contribution in [1.29, 1.82) is 0 Å².